The number of rotatable bonds is 7. The first kappa shape index (κ1) is 18.9. The van der Waals surface area contributed by atoms with E-state index in [-0.39, 0.29) is 36.0 Å². The number of hydrogen-bond donors (Lipinski definition) is 1. The Bertz CT molecular complexity index is 532. The number of nitrogens with zero attached hydrogens (tertiary/aromatic N) is 2. The third kappa shape index (κ3) is 4.15. The average Bonchev–Trinajstić information content (AvgIpc) is 3.08. The van der Waals surface area contributed by atoms with Crippen LogP contribution < -0.4 is 5.32 Å². The first-order valence-electron chi connectivity index (χ1n) is 8.43. The molecule has 1 N–H and O–H groups in total. The minimum absolute atomic E-state index is 0.0377. The number of aromatic nitrogens is 2. The molecule has 0 bridgehead atoms. The monoisotopic (exact) mass is 339 g/mol. The molecule has 1 aromatic rings. The fraction of sp³-hybridized carbons (Fsp3) is 0.765. The highest BCUT2D eigenvalue weighted by Gasteiger charge is 2.35. The Kier molecular flexibility index (Phi) is 6.77. The standard InChI is InChI=1S/C17H29N3O4/c1-11(2)16-18-6-7-20(16)12(3)17(21)19-8-13-9-24-10-14(22-4)15(13)23-5/h6-7,11-15H,8-10H2,1-5H3,(H,19,21)/t12?,13-,14-,15+/m1/s1. The zero-order chi connectivity index (χ0) is 17.7. The lowest BCUT2D eigenvalue weighted by Crippen LogP contribution is -2.50. The Labute approximate surface area is 143 Å². The van der Waals surface area contributed by atoms with Crippen molar-refractivity contribution in [2.24, 2.45) is 5.92 Å². The van der Waals surface area contributed by atoms with Crippen LogP contribution in [0.25, 0.3) is 0 Å². The zero-order valence-corrected chi connectivity index (χ0v) is 15.2. The van der Waals surface area contributed by atoms with Crippen molar-refractivity contribution < 1.29 is 19.0 Å². The van der Waals surface area contributed by atoms with Crippen LogP contribution in [0.5, 0.6) is 0 Å². The summed E-state index contributed by atoms with van der Waals surface area (Å²) in [5, 5.41) is 3.01. The maximum Gasteiger partial charge on any atom is 0.242 e. The van der Waals surface area contributed by atoms with Crippen LogP contribution >= 0.6 is 0 Å². The number of carbonyl (C=O) groups excluding carboxylic acids is 1. The van der Waals surface area contributed by atoms with E-state index in [1.807, 2.05) is 17.7 Å². The van der Waals surface area contributed by atoms with Crippen LogP contribution in [-0.2, 0) is 19.0 Å². The van der Waals surface area contributed by atoms with Gasteiger partial charge in [-0.3, -0.25) is 4.79 Å². The fourth-order valence-electron chi connectivity index (χ4n) is 3.16. The molecule has 2 rings (SSSR count). The number of carbonyl (C=O) groups is 1. The predicted octanol–water partition coefficient (Wildman–Crippen LogP) is 1.36. The summed E-state index contributed by atoms with van der Waals surface area (Å²) in [6, 6.07) is -0.311. The predicted molar refractivity (Wildman–Crippen MR) is 89.9 cm³/mol. The molecule has 7 nitrogen and oxygen atoms in total. The minimum atomic E-state index is -0.311. The lowest BCUT2D eigenvalue weighted by molar-refractivity contribution is -0.147. The number of imidazole rings is 1. The summed E-state index contributed by atoms with van der Waals surface area (Å²) in [5.41, 5.74) is 0. The van der Waals surface area contributed by atoms with Crippen LogP contribution in [0.2, 0.25) is 0 Å². The van der Waals surface area contributed by atoms with E-state index in [0.29, 0.717) is 19.8 Å². The lowest BCUT2D eigenvalue weighted by Gasteiger charge is -2.36. The molecule has 0 aromatic carbocycles. The molecule has 136 valence electrons. The maximum atomic E-state index is 12.5. The average molecular weight is 339 g/mol. The summed E-state index contributed by atoms with van der Waals surface area (Å²) in [4.78, 5) is 16.9. The van der Waals surface area contributed by atoms with Gasteiger partial charge in [-0.1, -0.05) is 13.8 Å². The molecule has 0 spiro atoms. The van der Waals surface area contributed by atoms with E-state index in [1.54, 1.807) is 20.4 Å². The second kappa shape index (κ2) is 8.60. The molecule has 0 radical (unpaired) electrons. The Hall–Kier alpha value is -1.44. The van der Waals surface area contributed by atoms with Gasteiger partial charge in [0.2, 0.25) is 5.91 Å². The van der Waals surface area contributed by atoms with Gasteiger partial charge in [-0.25, -0.2) is 4.98 Å². The summed E-state index contributed by atoms with van der Waals surface area (Å²) in [7, 11) is 3.31. The summed E-state index contributed by atoms with van der Waals surface area (Å²) >= 11 is 0. The van der Waals surface area contributed by atoms with Gasteiger partial charge >= 0.3 is 0 Å². The number of methoxy groups -OCH3 is 2. The van der Waals surface area contributed by atoms with Crippen LogP contribution in [0, 0.1) is 5.92 Å². The Morgan fingerprint density at radius 1 is 1.38 bits per heavy atom. The van der Waals surface area contributed by atoms with Crippen molar-refractivity contribution in [1.29, 1.82) is 0 Å². The van der Waals surface area contributed by atoms with Gasteiger partial charge in [-0.15, -0.1) is 0 Å². The molecule has 0 saturated carbocycles. The Morgan fingerprint density at radius 2 is 2.12 bits per heavy atom. The highest BCUT2D eigenvalue weighted by molar-refractivity contribution is 5.80. The summed E-state index contributed by atoms with van der Waals surface area (Å²) in [6.45, 7) is 7.57. The van der Waals surface area contributed by atoms with E-state index in [0.717, 1.165) is 5.82 Å². The van der Waals surface area contributed by atoms with Crippen molar-refractivity contribution in [2.45, 2.75) is 44.9 Å². The number of ether oxygens (including phenoxy) is 3. The van der Waals surface area contributed by atoms with Crippen LogP contribution in [0.1, 0.15) is 38.6 Å². The van der Waals surface area contributed by atoms with Crippen molar-refractivity contribution in [1.82, 2.24) is 14.9 Å². The van der Waals surface area contributed by atoms with Crippen molar-refractivity contribution in [2.75, 3.05) is 34.0 Å². The van der Waals surface area contributed by atoms with Crippen molar-refractivity contribution in [3.8, 4) is 0 Å². The first-order chi connectivity index (χ1) is 11.5. The van der Waals surface area contributed by atoms with Crippen molar-refractivity contribution in [3.63, 3.8) is 0 Å². The Morgan fingerprint density at radius 3 is 2.75 bits per heavy atom. The molecular formula is C17H29N3O4. The van der Waals surface area contributed by atoms with E-state index in [9.17, 15) is 4.79 Å². The largest absolute Gasteiger partial charge is 0.378 e. The molecule has 1 saturated heterocycles. The molecule has 1 unspecified atom stereocenters. The summed E-state index contributed by atoms with van der Waals surface area (Å²) in [5.74, 6) is 1.21. The molecule has 2 heterocycles. The highest BCUT2D eigenvalue weighted by Crippen LogP contribution is 2.21. The number of hydrogen-bond acceptors (Lipinski definition) is 5. The van der Waals surface area contributed by atoms with Gasteiger partial charge in [0.1, 0.15) is 18.0 Å². The van der Waals surface area contributed by atoms with E-state index in [1.165, 1.54) is 0 Å². The second-order valence-corrected chi connectivity index (χ2v) is 6.54. The molecule has 1 aliphatic rings. The Balaban J connectivity index is 1.95. The SMILES string of the molecule is CO[C@H]1[C@H](CNC(=O)C(C)n2ccnc2C(C)C)COC[C@H]1OC. The smallest absolute Gasteiger partial charge is 0.242 e. The molecular weight excluding hydrogens is 310 g/mol. The molecule has 4 atom stereocenters. The van der Waals surface area contributed by atoms with Crippen LogP contribution in [0.4, 0.5) is 0 Å². The molecule has 0 aliphatic carbocycles. The molecule has 1 amide bonds. The number of nitrogens with one attached hydrogen (secondary N) is 1. The fourth-order valence-corrected chi connectivity index (χ4v) is 3.16. The van der Waals surface area contributed by atoms with Gasteiger partial charge in [0, 0.05) is 45.0 Å². The van der Waals surface area contributed by atoms with E-state index in [2.05, 4.69) is 24.1 Å². The van der Waals surface area contributed by atoms with Gasteiger partial charge in [-0.2, -0.15) is 0 Å². The molecule has 7 heteroatoms. The number of amides is 1. The third-order valence-electron chi connectivity index (χ3n) is 4.57. The van der Waals surface area contributed by atoms with E-state index < -0.39 is 0 Å². The quantitative estimate of drug-likeness (QED) is 0.812. The van der Waals surface area contributed by atoms with Crippen molar-refractivity contribution in [3.05, 3.63) is 18.2 Å². The second-order valence-electron chi connectivity index (χ2n) is 6.54. The summed E-state index contributed by atoms with van der Waals surface area (Å²) in [6.07, 6.45) is 3.39. The third-order valence-corrected chi connectivity index (χ3v) is 4.57. The minimum Gasteiger partial charge on any atom is -0.378 e. The molecule has 1 aliphatic heterocycles. The van der Waals surface area contributed by atoms with Crippen LogP contribution in [-0.4, -0.2) is 61.6 Å². The van der Waals surface area contributed by atoms with E-state index >= 15 is 0 Å². The van der Waals surface area contributed by atoms with Gasteiger partial charge in [-0.05, 0) is 6.92 Å². The van der Waals surface area contributed by atoms with E-state index in [4.69, 9.17) is 14.2 Å². The van der Waals surface area contributed by atoms with Crippen LogP contribution in [0.3, 0.4) is 0 Å². The lowest BCUT2D eigenvalue weighted by atomic mass is 9.96. The summed E-state index contributed by atoms with van der Waals surface area (Å²) < 4.78 is 18.4. The van der Waals surface area contributed by atoms with Gasteiger partial charge in [0.15, 0.2) is 0 Å². The highest BCUT2D eigenvalue weighted by atomic mass is 16.6. The molecule has 1 aromatic heterocycles. The first-order valence-corrected chi connectivity index (χ1v) is 8.43. The van der Waals surface area contributed by atoms with Gasteiger partial charge < -0.3 is 24.1 Å². The van der Waals surface area contributed by atoms with Crippen LogP contribution in [0.15, 0.2) is 12.4 Å². The zero-order valence-electron chi connectivity index (χ0n) is 15.2. The molecule has 24 heavy (non-hydrogen) atoms. The topological polar surface area (TPSA) is 74.6 Å². The van der Waals surface area contributed by atoms with Crippen molar-refractivity contribution >= 4 is 5.91 Å². The maximum absolute atomic E-state index is 12.5. The van der Waals surface area contributed by atoms with Gasteiger partial charge in [0.25, 0.3) is 0 Å². The molecule has 1 fully saturated rings. The normalized spacial score (nSPS) is 25.7. The van der Waals surface area contributed by atoms with Gasteiger partial charge in [0.05, 0.1) is 19.3 Å².